The van der Waals surface area contributed by atoms with Gasteiger partial charge in [0.1, 0.15) is 0 Å². The standard InChI is InChI=1S/C4H7O2S/c5-4-2-1-3-7(4)6/h2H,1,3,7H2. The smallest absolute Gasteiger partial charge is 0.255 e. The van der Waals surface area contributed by atoms with Gasteiger partial charge in [-0.15, -0.1) is 0 Å². The third-order valence-corrected chi connectivity index (χ3v) is 2.47. The van der Waals surface area contributed by atoms with Crippen LogP contribution in [0.4, 0.5) is 0 Å². The van der Waals surface area contributed by atoms with Crippen molar-refractivity contribution in [1.29, 1.82) is 0 Å². The first-order valence-electron chi connectivity index (χ1n) is 2.21. The maximum atomic E-state index is 10.4. The molecule has 1 saturated heterocycles. The van der Waals surface area contributed by atoms with Crippen molar-refractivity contribution >= 4 is 16.3 Å². The Hall–Kier alpha value is -0.0200. The Morgan fingerprint density at radius 1 is 1.86 bits per heavy atom. The second-order valence-corrected chi connectivity index (χ2v) is 3.37. The summed E-state index contributed by atoms with van der Waals surface area (Å²) in [7, 11) is 0. The van der Waals surface area contributed by atoms with Gasteiger partial charge in [-0.1, -0.05) is 0 Å². The molecule has 0 amide bonds. The van der Waals surface area contributed by atoms with E-state index in [2.05, 4.69) is 0 Å². The van der Waals surface area contributed by atoms with E-state index in [-0.39, 0.29) is 5.12 Å². The molecule has 0 bridgehead atoms. The lowest BCUT2D eigenvalue weighted by atomic mass is 10.4. The van der Waals surface area contributed by atoms with E-state index in [1.165, 1.54) is 6.42 Å². The quantitative estimate of drug-likeness (QED) is 0.397. The van der Waals surface area contributed by atoms with E-state index in [0.29, 0.717) is 5.75 Å². The zero-order valence-electron chi connectivity index (χ0n) is 3.81. The monoisotopic (exact) mass is 119 g/mol. The molecule has 0 N–H and O–H groups in total. The van der Waals surface area contributed by atoms with Crippen molar-refractivity contribution in [2.24, 2.45) is 0 Å². The second kappa shape index (κ2) is 1.84. The molecule has 0 aliphatic carbocycles. The molecule has 0 aromatic carbocycles. The Morgan fingerprint density at radius 2 is 2.57 bits per heavy atom. The Morgan fingerprint density at radius 3 is 2.71 bits per heavy atom. The molecule has 0 spiro atoms. The highest BCUT2D eigenvalue weighted by Gasteiger charge is 2.16. The summed E-state index contributed by atoms with van der Waals surface area (Å²) in [5, 5.41) is -0.120. The molecule has 0 saturated carbocycles. The van der Waals surface area contributed by atoms with E-state index in [4.69, 9.17) is 0 Å². The predicted molar refractivity (Wildman–Crippen MR) is 29.7 cm³/mol. The van der Waals surface area contributed by atoms with Gasteiger partial charge in [0, 0.05) is 12.2 Å². The molecule has 0 unspecified atom stereocenters. The highest BCUT2D eigenvalue weighted by Crippen LogP contribution is 2.09. The van der Waals surface area contributed by atoms with Gasteiger partial charge in [-0.2, -0.15) is 0 Å². The highest BCUT2D eigenvalue weighted by molar-refractivity contribution is 8.06. The Labute approximate surface area is 45.1 Å². The topological polar surface area (TPSA) is 40.1 Å². The molecule has 1 fully saturated rings. The van der Waals surface area contributed by atoms with Crippen LogP contribution in [0, 0.1) is 6.42 Å². The number of hydrogen-bond acceptors (Lipinski definition) is 2. The van der Waals surface area contributed by atoms with Crippen LogP contribution in [0.2, 0.25) is 0 Å². The zero-order valence-corrected chi connectivity index (χ0v) is 4.81. The molecule has 1 radical (unpaired) electrons. The van der Waals surface area contributed by atoms with Gasteiger partial charge in [-0.25, -0.2) is 4.79 Å². The van der Waals surface area contributed by atoms with Crippen LogP contribution >= 0.6 is 0 Å². The fourth-order valence-electron chi connectivity index (χ4n) is 0.571. The zero-order chi connectivity index (χ0) is 5.28. The summed E-state index contributed by atoms with van der Waals surface area (Å²) in [5.41, 5.74) is 0. The van der Waals surface area contributed by atoms with E-state index in [9.17, 15) is 9.35 Å². The maximum absolute atomic E-state index is 10.4. The molecule has 2 nitrogen and oxygen atoms in total. The fraction of sp³-hybridized carbons (Fsp3) is 0.500. The summed E-state index contributed by atoms with van der Waals surface area (Å²) in [6.07, 6.45) is 2.25. The Balaban J connectivity index is 2.48. The molecule has 3 heteroatoms. The molecule has 0 aromatic heterocycles. The molecule has 41 valence electrons. The summed E-state index contributed by atoms with van der Waals surface area (Å²) in [6, 6.07) is 0. The highest BCUT2D eigenvalue weighted by atomic mass is 32.2. The third kappa shape index (κ3) is 0.951. The SMILES string of the molecule is O=C1[CH]CC[SH2+]1[O-]. The molecule has 1 rings (SSSR count). The molecule has 1 aliphatic heterocycles. The molecule has 1 heterocycles. The van der Waals surface area contributed by atoms with E-state index in [1.54, 1.807) is 0 Å². The van der Waals surface area contributed by atoms with Crippen LogP contribution in [-0.4, -0.2) is 15.4 Å². The van der Waals surface area contributed by atoms with E-state index < -0.39 is 11.2 Å². The van der Waals surface area contributed by atoms with E-state index in [0.717, 1.165) is 6.42 Å². The van der Waals surface area contributed by atoms with Crippen molar-refractivity contribution in [2.45, 2.75) is 6.42 Å². The van der Waals surface area contributed by atoms with Gasteiger partial charge in [-0.3, -0.25) is 11.2 Å². The molecule has 1 aliphatic rings. The molecule has 7 heavy (non-hydrogen) atoms. The molecule has 0 atom stereocenters. The number of carbonyl (C=O) groups excluding carboxylic acids is 1. The van der Waals surface area contributed by atoms with Crippen LogP contribution < -0.4 is 0 Å². The minimum Gasteiger partial charge on any atom is -0.682 e. The van der Waals surface area contributed by atoms with Crippen molar-refractivity contribution in [2.75, 3.05) is 5.75 Å². The van der Waals surface area contributed by atoms with Crippen LogP contribution in [0.3, 0.4) is 0 Å². The van der Waals surface area contributed by atoms with Crippen LogP contribution in [0.1, 0.15) is 6.42 Å². The first kappa shape index (κ1) is 5.12. The van der Waals surface area contributed by atoms with Crippen LogP contribution in [0.25, 0.3) is 0 Å². The summed E-state index contributed by atoms with van der Waals surface area (Å²) < 4.78 is 10.4. The lowest BCUT2D eigenvalue weighted by Crippen LogP contribution is -2.07. The van der Waals surface area contributed by atoms with Gasteiger partial charge in [-0.05, 0) is 0 Å². The number of rotatable bonds is 0. The first-order chi connectivity index (χ1) is 3.30. The van der Waals surface area contributed by atoms with Crippen molar-refractivity contribution in [1.82, 2.24) is 0 Å². The van der Waals surface area contributed by atoms with Gasteiger partial charge in [0.2, 0.25) is 0 Å². The van der Waals surface area contributed by atoms with Gasteiger partial charge < -0.3 is 4.55 Å². The van der Waals surface area contributed by atoms with Gasteiger partial charge in [0.15, 0.2) is 0 Å². The maximum Gasteiger partial charge on any atom is 0.255 e. The number of carbonyl (C=O) groups is 1. The average Bonchev–Trinajstić information content (AvgIpc) is 1.91. The van der Waals surface area contributed by atoms with Gasteiger partial charge in [0.25, 0.3) is 5.12 Å². The lowest BCUT2D eigenvalue weighted by molar-refractivity contribution is -0.108. The van der Waals surface area contributed by atoms with Crippen LogP contribution in [0.15, 0.2) is 0 Å². The minimum absolute atomic E-state index is 0.120. The van der Waals surface area contributed by atoms with Crippen LogP contribution in [0.5, 0.6) is 0 Å². The lowest BCUT2D eigenvalue weighted by Gasteiger charge is -2.09. The summed E-state index contributed by atoms with van der Waals surface area (Å²) in [4.78, 5) is 10.3. The largest absolute Gasteiger partial charge is 0.682 e. The summed E-state index contributed by atoms with van der Waals surface area (Å²) in [6.45, 7) is 0. The van der Waals surface area contributed by atoms with E-state index in [1.807, 2.05) is 0 Å². The normalized spacial score (nSPS) is 26.4. The second-order valence-electron chi connectivity index (χ2n) is 1.53. The third-order valence-electron chi connectivity index (χ3n) is 0.976. The van der Waals surface area contributed by atoms with Crippen molar-refractivity contribution in [3.8, 4) is 0 Å². The van der Waals surface area contributed by atoms with E-state index >= 15 is 0 Å². The number of hydrogen-bond donors (Lipinski definition) is 0. The minimum atomic E-state index is -1.78. The van der Waals surface area contributed by atoms with Gasteiger partial charge in [0.05, 0.1) is 6.42 Å². The van der Waals surface area contributed by atoms with Crippen molar-refractivity contribution < 1.29 is 9.35 Å². The average molecular weight is 119 g/mol. The first-order valence-corrected chi connectivity index (χ1v) is 3.82. The molecular formula is C4H7O2S. The summed E-state index contributed by atoms with van der Waals surface area (Å²) >= 11 is -1.78. The molecule has 0 aromatic rings. The van der Waals surface area contributed by atoms with Gasteiger partial charge >= 0.3 is 0 Å². The molecular weight excluding hydrogens is 112 g/mol. The summed E-state index contributed by atoms with van der Waals surface area (Å²) in [5.74, 6) is 0.615. The van der Waals surface area contributed by atoms with Crippen molar-refractivity contribution in [3.05, 3.63) is 6.42 Å². The van der Waals surface area contributed by atoms with Crippen LogP contribution in [-0.2, 0) is 16.0 Å². The predicted octanol–water partition coefficient (Wildman–Crippen LogP) is -0.666. The fourth-order valence-corrected chi connectivity index (χ4v) is 1.60. The van der Waals surface area contributed by atoms with Crippen molar-refractivity contribution in [3.63, 3.8) is 0 Å². The Bertz CT molecular complexity index is 91.7. The Kier molecular flexibility index (Phi) is 1.35.